The Morgan fingerprint density at radius 2 is 1.92 bits per heavy atom. The molecule has 2 heterocycles. The maximum absolute atomic E-state index is 12.4. The molecule has 26 heavy (non-hydrogen) atoms. The lowest BCUT2D eigenvalue weighted by Gasteiger charge is -2.23. The summed E-state index contributed by atoms with van der Waals surface area (Å²) in [5.74, 6) is -0.942. The molecule has 8 nitrogen and oxygen atoms in total. The molecule has 1 aromatic rings. The van der Waals surface area contributed by atoms with Gasteiger partial charge in [0.15, 0.2) is 6.54 Å². The minimum absolute atomic E-state index is 0.197. The number of esters is 1. The predicted molar refractivity (Wildman–Crippen MR) is 98.0 cm³/mol. The summed E-state index contributed by atoms with van der Waals surface area (Å²) in [6, 6.07) is 0. The van der Waals surface area contributed by atoms with Gasteiger partial charge in [0, 0.05) is 14.1 Å². The molecule has 1 aromatic heterocycles. The fourth-order valence-electron chi connectivity index (χ4n) is 2.69. The topological polar surface area (TPSA) is 89.4 Å². The summed E-state index contributed by atoms with van der Waals surface area (Å²) in [4.78, 5) is 40.1. The van der Waals surface area contributed by atoms with E-state index < -0.39 is 5.97 Å². The number of thiophene rings is 1. The van der Waals surface area contributed by atoms with Gasteiger partial charge in [-0.1, -0.05) is 0 Å². The highest BCUT2D eigenvalue weighted by atomic mass is 32.1. The number of rotatable bonds is 6. The fraction of sp³-hybridized carbons (Fsp3) is 0.588. The monoisotopic (exact) mass is 384 g/mol. The molecule has 144 valence electrons. The molecular weight excluding hydrogens is 358 g/mol. The van der Waals surface area contributed by atoms with E-state index in [1.165, 1.54) is 4.90 Å². The molecule has 1 saturated heterocycles. The van der Waals surface area contributed by atoms with Crippen molar-refractivity contribution in [3.8, 4) is 0 Å². The van der Waals surface area contributed by atoms with E-state index in [2.05, 4.69) is 5.32 Å². The summed E-state index contributed by atoms with van der Waals surface area (Å²) >= 11 is 1.11. The maximum atomic E-state index is 12.4. The second kappa shape index (κ2) is 9.11. The maximum Gasteiger partial charge on any atom is 0.341 e. The molecule has 0 atom stereocenters. The number of amides is 2. The van der Waals surface area contributed by atoms with Gasteiger partial charge in [-0.2, -0.15) is 0 Å². The highest BCUT2D eigenvalue weighted by Crippen LogP contribution is 2.34. The number of carbonyl (C=O) groups is 3. The molecule has 1 aliphatic rings. The van der Waals surface area contributed by atoms with Crippen LogP contribution in [0.2, 0.25) is 0 Å². The van der Waals surface area contributed by atoms with Crippen LogP contribution in [0.5, 0.6) is 0 Å². The first-order valence-corrected chi connectivity index (χ1v) is 9.40. The second-order valence-electron chi connectivity index (χ2n) is 6.27. The number of hydrogen-bond acceptors (Lipinski definition) is 6. The lowest BCUT2D eigenvalue weighted by molar-refractivity contribution is -0.899. The molecule has 2 amide bonds. The Hall–Kier alpha value is -1.97. The molecular formula is C17H26N3O5S+. The van der Waals surface area contributed by atoms with Crippen molar-refractivity contribution in [2.75, 3.05) is 58.9 Å². The predicted octanol–water partition coefficient (Wildman–Crippen LogP) is -0.211. The third-order valence-corrected chi connectivity index (χ3v) is 5.29. The summed E-state index contributed by atoms with van der Waals surface area (Å²) in [5.41, 5.74) is 0.786. The highest BCUT2D eigenvalue weighted by molar-refractivity contribution is 7.18. The Labute approximate surface area is 157 Å². The van der Waals surface area contributed by atoms with E-state index >= 15 is 0 Å². The summed E-state index contributed by atoms with van der Waals surface area (Å²) < 4.78 is 10.4. The fourth-order valence-corrected chi connectivity index (χ4v) is 3.92. The van der Waals surface area contributed by atoms with Gasteiger partial charge in [0.2, 0.25) is 0 Å². The van der Waals surface area contributed by atoms with E-state index in [1.54, 1.807) is 27.9 Å². The Balaban J connectivity index is 2.24. The van der Waals surface area contributed by atoms with E-state index in [0.29, 0.717) is 35.2 Å². The van der Waals surface area contributed by atoms with E-state index in [-0.39, 0.29) is 24.0 Å². The quantitative estimate of drug-likeness (QED) is 0.663. The summed E-state index contributed by atoms with van der Waals surface area (Å²) in [6.45, 7) is 6.73. The molecule has 0 saturated carbocycles. The van der Waals surface area contributed by atoms with Crippen LogP contribution in [0.25, 0.3) is 0 Å². The van der Waals surface area contributed by atoms with Crippen LogP contribution < -0.4 is 10.2 Å². The number of nitrogens with one attached hydrogen (secondary N) is 2. The van der Waals surface area contributed by atoms with Crippen molar-refractivity contribution < 1.29 is 28.8 Å². The van der Waals surface area contributed by atoms with Crippen LogP contribution in [0.1, 0.15) is 32.5 Å². The number of ether oxygens (including phenoxy) is 2. The highest BCUT2D eigenvalue weighted by Gasteiger charge is 2.28. The zero-order valence-corrected chi connectivity index (χ0v) is 16.5. The Bertz CT molecular complexity index is 680. The molecule has 9 heteroatoms. The van der Waals surface area contributed by atoms with Crippen molar-refractivity contribution in [1.82, 2.24) is 4.90 Å². The van der Waals surface area contributed by atoms with Gasteiger partial charge in [0.05, 0.1) is 30.3 Å². The van der Waals surface area contributed by atoms with Gasteiger partial charge in [-0.05, 0) is 19.4 Å². The van der Waals surface area contributed by atoms with Gasteiger partial charge in [0.1, 0.15) is 18.1 Å². The third kappa shape index (κ3) is 4.80. The molecule has 2 N–H and O–H groups in total. The number of carbonyl (C=O) groups excluding carboxylic acids is 3. The molecule has 1 fully saturated rings. The van der Waals surface area contributed by atoms with Crippen LogP contribution in [0.4, 0.5) is 5.00 Å². The van der Waals surface area contributed by atoms with Gasteiger partial charge in [0.25, 0.3) is 11.8 Å². The van der Waals surface area contributed by atoms with E-state index in [4.69, 9.17) is 9.47 Å². The van der Waals surface area contributed by atoms with Gasteiger partial charge >= 0.3 is 5.97 Å². The van der Waals surface area contributed by atoms with Crippen molar-refractivity contribution in [2.45, 2.75) is 13.8 Å². The second-order valence-corrected chi connectivity index (χ2v) is 7.29. The first-order chi connectivity index (χ1) is 12.3. The standard InChI is InChI=1S/C17H25N3O5S/c1-5-25-17(23)13-11(2)14(16(22)19(3)4)26-15(13)18-12(21)10-20-6-8-24-9-7-20/h5-10H2,1-4H3,(H,18,21)/p+1. The third-order valence-electron chi connectivity index (χ3n) is 4.09. The SMILES string of the molecule is CCOC(=O)c1c(NC(=O)C[NH+]2CCOCC2)sc(C(=O)N(C)C)c1C. The normalized spacial score (nSPS) is 14.8. The first-order valence-electron chi connectivity index (χ1n) is 8.58. The van der Waals surface area contributed by atoms with Crippen molar-refractivity contribution in [1.29, 1.82) is 0 Å². The number of quaternary nitrogens is 1. The molecule has 0 radical (unpaired) electrons. The lowest BCUT2D eigenvalue weighted by Crippen LogP contribution is -3.15. The molecule has 1 aliphatic heterocycles. The van der Waals surface area contributed by atoms with Crippen LogP contribution in [0, 0.1) is 6.92 Å². The zero-order chi connectivity index (χ0) is 19.3. The lowest BCUT2D eigenvalue weighted by atomic mass is 10.1. The van der Waals surface area contributed by atoms with Gasteiger partial charge < -0.3 is 24.6 Å². The average molecular weight is 384 g/mol. The van der Waals surface area contributed by atoms with Crippen molar-refractivity contribution in [2.24, 2.45) is 0 Å². The summed E-state index contributed by atoms with van der Waals surface area (Å²) in [7, 11) is 3.29. The summed E-state index contributed by atoms with van der Waals surface area (Å²) in [6.07, 6.45) is 0. The molecule has 0 spiro atoms. The minimum Gasteiger partial charge on any atom is -0.462 e. The smallest absolute Gasteiger partial charge is 0.341 e. The van der Waals surface area contributed by atoms with Gasteiger partial charge in [-0.25, -0.2) is 4.79 Å². The van der Waals surface area contributed by atoms with E-state index in [9.17, 15) is 14.4 Å². The molecule has 0 unspecified atom stereocenters. The number of hydrogen-bond donors (Lipinski definition) is 2. The van der Waals surface area contributed by atoms with E-state index in [1.807, 2.05) is 0 Å². The zero-order valence-electron chi connectivity index (χ0n) is 15.6. The molecule has 0 aliphatic carbocycles. The summed E-state index contributed by atoms with van der Waals surface area (Å²) in [5, 5.41) is 3.16. The Morgan fingerprint density at radius 3 is 2.50 bits per heavy atom. The number of nitrogens with zero attached hydrogens (tertiary/aromatic N) is 1. The Kier molecular flexibility index (Phi) is 7.13. The van der Waals surface area contributed by atoms with Crippen LogP contribution in [0.15, 0.2) is 0 Å². The van der Waals surface area contributed by atoms with Gasteiger partial charge in [-0.3, -0.25) is 9.59 Å². The van der Waals surface area contributed by atoms with Crippen LogP contribution in [0.3, 0.4) is 0 Å². The van der Waals surface area contributed by atoms with Gasteiger partial charge in [-0.15, -0.1) is 11.3 Å². The van der Waals surface area contributed by atoms with Crippen LogP contribution >= 0.6 is 11.3 Å². The average Bonchev–Trinajstić information content (AvgIpc) is 2.91. The number of anilines is 1. The minimum atomic E-state index is -0.534. The molecule has 2 rings (SSSR count). The van der Waals surface area contributed by atoms with Crippen LogP contribution in [-0.2, 0) is 14.3 Å². The van der Waals surface area contributed by atoms with Crippen molar-refractivity contribution in [3.63, 3.8) is 0 Å². The largest absolute Gasteiger partial charge is 0.462 e. The molecule has 0 aromatic carbocycles. The van der Waals surface area contributed by atoms with Crippen molar-refractivity contribution in [3.05, 3.63) is 16.0 Å². The number of morpholine rings is 1. The van der Waals surface area contributed by atoms with Crippen molar-refractivity contribution >= 4 is 34.1 Å². The Morgan fingerprint density at radius 1 is 1.27 bits per heavy atom. The first kappa shape index (κ1) is 20.3. The molecule has 0 bridgehead atoms. The van der Waals surface area contributed by atoms with E-state index in [0.717, 1.165) is 29.3 Å². The van der Waals surface area contributed by atoms with Crippen LogP contribution in [-0.4, -0.2) is 76.2 Å².